The lowest BCUT2D eigenvalue weighted by Gasteiger charge is -2.26. The lowest BCUT2D eigenvalue weighted by molar-refractivity contribution is -0.139. The number of rotatable bonds is 7. The van der Waals surface area contributed by atoms with Crippen molar-refractivity contribution in [2.75, 3.05) is 26.3 Å². The Balaban J connectivity index is 1.31. The molecule has 1 aromatic heterocycles. The molecule has 0 spiro atoms. The fourth-order valence-electron chi connectivity index (χ4n) is 3.06. The molecular weight excluding hydrogens is 470 g/mol. The molecule has 1 aliphatic rings. The van der Waals surface area contributed by atoms with Crippen LogP contribution in [0.5, 0.6) is 0 Å². The molecular formula is C22H20ClN3O6S. The molecule has 11 heteroatoms. The van der Waals surface area contributed by atoms with Crippen LogP contribution < -0.4 is 0 Å². The molecule has 1 saturated heterocycles. The summed E-state index contributed by atoms with van der Waals surface area (Å²) in [5.74, 6) is -0.0917. The van der Waals surface area contributed by atoms with Gasteiger partial charge in [0.1, 0.15) is 0 Å². The van der Waals surface area contributed by atoms with Gasteiger partial charge in [-0.05, 0) is 48.0 Å². The van der Waals surface area contributed by atoms with Gasteiger partial charge >= 0.3 is 5.97 Å². The highest BCUT2D eigenvalue weighted by Gasteiger charge is 2.25. The highest BCUT2D eigenvalue weighted by molar-refractivity contribution is 7.89. The van der Waals surface area contributed by atoms with Crippen LogP contribution in [0, 0.1) is 0 Å². The molecule has 172 valence electrons. The largest absolute Gasteiger partial charge is 0.452 e. The number of nitrogens with zero attached hydrogens (tertiary/aromatic N) is 3. The Morgan fingerprint density at radius 1 is 1.09 bits per heavy atom. The third kappa shape index (κ3) is 5.85. The molecule has 0 bridgehead atoms. The molecule has 1 aliphatic heterocycles. The van der Waals surface area contributed by atoms with E-state index in [1.165, 1.54) is 28.6 Å². The van der Waals surface area contributed by atoms with E-state index in [9.17, 15) is 13.2 Å². The maximum Gasteiger partial charge on any atom is 0.331 e. The maximum atomic E-state index is 12.6. The number of aromatic nitrogens is 2. The van der Waals surface area contributed by atoms with Gasteiger partial charge in [-0.3, -0.25) is 0 Å². The SMILES string of the molecule is O=C(/C=C/c1ccc(S(=O)(=O)N2CCOCC2)cc1)OCc1nc(-c2ccc(Cl)cc2)no1. The van der Waals surface area contributed by atoms with Crippen LogP contribution in [0.2, 0.25) is 5.02 Å². The van der Waals surface area contributed by atoms with Crippen LogP contribution >= 0.6 is 11.6 Å². The van der Waals surface area contributed by atoms with Crippen molar-refractivity contribution in [2.24, 2.45) is 0 Å². The Kier molecular flexibility index (Phi) is 7.19. The smallest absolute Gasteiger partial charge is 0.331 e. The summed E-state index contributed by atoms with van der Waals surface area (Å²) >= 11 is 5.86. The van der Waals surface area contributed by atoms with Crippen LogP contribution in [0.25, 0.3) is 17.5 Å². The highest BCUT2D eigenvalue weighted by atomic mass is 35.5. The molecule has 0 atom stereocenters. The molecule has 0 amide bonds. The number of carbonyl (C=O) groups is 1. The molecule has 2 heterocycles. The number of carbonyl (C=O) groups excluding carboxylic acids is 1. The molecule has 4 rings (SSSR count). The number of hydrogen-bond acceptors (Lipinski definition) is 8. The molecule has 0 radical (unpaired) electrons. The minimum Gasteiger partial charge on any atom is -0.452 e. The van der Waals surface area contributed by atoms with Gasteiger partial charge in [-0.1, -0.05) is 28.9 Å². The minimum absolute atomic E-state index is 0.152. The zero-order chi connectivity index (χ0) is 23.3. The average molecular weight is 490 g/mol. The molecule has 33 heavy (non-hydrogen) atoms. The summed E-state index contributed by atoms with van der Waals surface area (Å²) in [6, 6.07) is 13.2. The van der Waals surface area contributed by atoms with Gasteiger partial charge in [0.15, 0.2) is 6.61 Å². The summed E-state index contributed by atoms with van der Waals surface area (Å²) in [6.45, 7) is 1.25. The Morgan fingerprint density at radius 2 is 1.79 bits per heavy atom. The number of hydrogen-bond donors (Lipinski definition) is 0. The molecule has 0 saturated carbocycles. The van der Waals surface area contributed by atoms with Crippen molar-refractivity contribution in [1.82, 2.24) is 14.4 Å². The van der Waals surface area contributed by atoms with Gasteiger partial charge in [0.05, 0.1) is 18.1 Å². The van der Waals surface area contributed by atoms with Gasteiger partial charge in [-0.25, -0.2) is 13.2 Å². The molecule has 0 N–H and O–H groups in total. The Bertz CT molecular complexity index is 1230. The maximum absolute atomic E-state index is 12.6. The van der Waals surface area contributed by atoms with E-state index in [-0.39, 0.29) is 17.4 Å². The van der Waals surface area contributed by atoms with Crippen molar-refractivity contribution < 1.29 is 27.2 Å². The van der Waals surface area contributed by atoms with Gasteiger partial charge in [-0.2, -0.15) is 9.29 Å². The lowest BCUT2D eigenvalue weighted by atomic mass is 10.2. The van der Waals surface area contributed by atoms with Crippen molar-refractivity contribution in [1.29, 1.82) is 0 Å². The standard InChI is InChI=1S/C22H20ClN3O6S/c23-18-6-4-17(5-7-18)22-24-20(32-25-22)15-31-21(27)10-3-16-1-8-19(9-2-16)33(28,29)26-11-13-30-14-12-26/h1-10H,11-15H2/b10-3+. The van der Waals surface area contributed by atoms with E-state index in [0.29, 0.717) is 42.7 Å². The average Bonchev–Trinajstić information content (AvgIpc) is 3.32. The van der Waals surface area contributed by atoms with Crippen LogP contribution in [-0.2, 0) is 30.9 Å². The highest BCUT2D eigenvalue weighted by Crippen LogP contribution is 2.20. The lowest BCUT2D eigenvalue weighted by Crippen LogP contribution is -2.40. The van der Waals surface area contributed by atoms with Crippen molar-refractivity contribution in [3.8, 4) is 11.4 Å². The van der Waals surface area contributed by atoms with Crippen LogP contribution in [0.3, 0.4) is 0 Å². The summed E-state index contributed by atoms with van der Waals surface area (Å²) in [6.07, 6.45) is 2.77. The first-order chi connectivity index (χ1) is 15.9. The van der Waals surface area contributed by atoms with Crippen LogP contribution in [-0.4, -0.2) is 55.1 Å². The summed E-state index contributed by atoms with van der Waals surface area (Å²) in [5.41, 5.74) is 1.37. The predicted octanol–water partition coefficient (Wildman–Crippen LogP) is 3.17. The van der Waals surface area contributed by atoms with Gasteiger partial charge in [-0.15, -0.1) is 0 Å². The van der Waals surface area contributed by atoms with Gasteiger partial charge in [0.25, 0.3) is 5.89 Å². The molecule has 0 unspecified atom stereocenters. The third-order valence-electron chi connectivity index (χ3n) is 4.81. The number of morpholine rings is 1. The van der Waals surface area contributed by atoms with E-state index in [1.807, 2.05) is 0 Å². The molecule has 0 aliphatic carbocycles. The van der Waals surface area contributed by atoms with E-state index in [4.69, 9.17) is 25.6 Å². The van der Waals surface area contributed by atoms with Crippen molar-refractivity contribution in [3.63, 3.8) is 0 Å². The number of sulfonamides is 1. The first kappa shape index (κ1) is 23.1. The first-order valence-electron chi connectivity index (χ1n) is 10.0. The summed E-state index contributed by atoms with van der Waals surface area (Å²) in [5, 5.41) is 4.45. The summed E-state index contributed by atoms with van der Waals surface area (Å²) < 4.78 is 42.1. The van der Waals surface area contributed by atoms with E-state index >= 15 is 0 Å². The van der Waals surface area contributed by atoms with E-state index in [2.05, 4.69) is 10.1 Å². The second kappa shape index (κ2) is 10.3. The van der Waals surface area contributed by atoms with E-state index in [0.717, 1.165) is 5.56 Å². The topological polar surface area (TPSA) is 112 Å². The first-order valence-corrected chi connectivity index (χ1v) is 11.8. The van der Waals surface area contributed by atoms with Crippen molar-refractivity contribution in [3.05, 3.63) is 71.1 Å². The van der Waals surface area contributed by atoms with Crippen molar-refractivity contribution in [2.45, 2.75) is 11.5 Å². The van der Waals surface area contributed by atoms with Gasteiger partial charge in [0, 0.05) is 29.8 Å². The van der Waals surface area contributed by atoms with Crippen molar-refractivity contribution >= 4 is 33.7 Å². The quantitative estimate of drug-likeness (QED) is 0.367. The van der Waals surface area contributed by atoms with Crippen LogP contribution in [0.15, 0.2) is 64.0 Å². The molecule has 1 fully saturated rings. The van der Waals surface area contributed by atoms with Gasteiger partial charge in [0.2, 0.25) is 15.8 Å². The Labute approximate surface area is 195 Å². The second-order valence-corrected chi connectivity index (χ2v) is 9.42. The van der Waals surface area contributed by atoms with E-state index < -0.39 is 16.0 Å². The number of benzene rings is 2. The van der Waals surface area contributed by atoms with Gasteiger partial charge < -0.3 is 14.0 Å². The number of ether oxygens (including phenoxy) is 2. The zero-order valence-corrected chi connectivity index (χ0v) is 19.0. The fraction of sp³-hybridized carbons (Fsp3) is 0.227. The summed E-state index contributed by atoms with van der Waals surface area (Å²) in [7, 11) is -3.56. The second-order valence-electron chi connectivity index (χ2n) is 7.05. The fourth-order valence-corrected chi connectivity index (χ4v) is 4.60. The normalized spacial score (nSPS) is 15.1. The molecule has 9 nitrogen and oxygen atoms in total. The predicted molar refractivity (Wildman–Crippen MR) is 120 cm³/mol. The molecule has 2 aromatic carbocycles. The number of esters is 1. The van der Waals surface area contributed by atoms with Crippen LogP contribution in [0.1, 0.15) is 11.5 Å². The molecule has 3 aromatic rings. The Morgan fingerprint density at radius 3 is 2.48 bits per heavy atom. The summed E-state index contributed by atoms with van der Waals surface area (Å²) in [4.78, 5) is 16.4. The number of halogens is 1. The van der Waals surface area contributed by atoms with Crippen LogP contribution in [0.4, 0.5) is 0 Å². The van der Waals surface area contributed by atoms with E-state index in [1.54, 1.807) is 36.4 Å². The third-order valence-corrected chi connectivity index (χ3v) is 6.97. The minimum atomic E-state index is -3.56. The Hall–Kier alpha value is -3.05. The monoisotopic (exact) mass is 489 g/mol. The zero-order valence-electron chi connectivity index (χ0n) is 17.4.